The van der Waals surface area contributed by atoms with Crippen LogP contribution < -0.4 is 4.90 Å². The highest BCUT2D eigenvalue weighted by Crippen LogP contribution is 2.39. The molecule has 4 aliphatic rings. The highest BCUT2D eigenvalue weighted by atomic mass is 32.1. The van der Waals surface area contributed by atoms with E-state index >= 15 is 0 Å². The maximum Gasteiger partial charge on any atom is 0.227 e. The summed E-state index contributed by atoms with van der Waals surface area (Å²) in [6, 6.07) is 0.344. The summed E-state index contributed by atoms with van der Waals surface area (Å²) in [6.45, 7) is 7.01. The molecule has 0 aromatic carbocycles. The Labute approximate surface area is 152 Å². The first-order valence-electron chi connectivity index (χ1n) is 9.38. The zero-order valence-corrected chi connectivity index (χ0v) is 15.7. The molecule has 2 aromatic heterocycles. The Bertz CT molecular complexity index is 843. The summed E-state index contributed by atoms with van der Waals surface area (Å²) < 4.78 is 0. The van der Waals surface area contributed by atoms with E-state index in [0.29, 0.717) is 11.9 Å². The number of aromatic nitrogens is 2. The molecule has 1 saturated carbocycles. The molecule has 0 unspecified atom stereocenters. The Morgan fingerprint density at radius 1 is 1.16 bits per heavy atom. The van der Waals surface area contributed by atoms with Crippen molar-refractivity contribution in [1.82, 2.24) is 14.9 Å². The third kappa shape index (κ3) is 2.53. The number of thiophene rings is 1. The standard InChI is InChI=1S/C19H24N4OS/c1-11-12(2)25-18-16(11)17(20-10-21-18)22-8-14-5-6-15(9-22)23(19(14)24)7-13-3-4-13/h10,13-15H,3-9H2,1-2H3/t14-,15+/m1/s1. The van der Waals surface area contributed by atoms with Gasteiger partial charge in [0.2, 0.25) is 5.91 Å². The largest absolute Gasteiger partial charge is 0.353 e. The molecule has 3 aliphatic heterocycles. The van der Waals surface area contributed by atoms with Crippen molar-refractivity contribution in [2.24, 2.45) is 11.8 Å². The van der Waals surface area contributed by atoms with Crippen molar-refractivity contribution in [2.75, 3.05) is 24.5 Å². The van der Waals surface area contributed by atoms with E-state index in [9.17, 15) is 4.79 Å². The lowest BCUT2D eigenvalue weighted by Gasteiger charge is -2.36. The minimum atomic E-state index is 0.127. The van der Waals surface area contributed by atoms with E-state index in [4.69, 9.17) is 0 Å². The van der Waals surface area contributed by atoms with Crippen LogP contribution in [0.2, 0.25) is 0 Å². The van der Waals surface area contributed by atoms with Crippen LogP contribution in [0.3, 0.4) is 0 Å². The first-order chi connectivity index (χ1) is 12.1. The predicted octanol–water partition coefficient (Wildman–Crippen LogP) is 3.15. The van der Waals surface area contributed by atoms with Crippen molar-refractivity contribution in [1.29, 1.82) is 0 Å². The molecule has 0 spiro atoms. The van der Waals surface area contributed by atoms with Crippen molar-refractivity contribution in [3.63, 3.8) is 0 Å². The molecule has 5 nitrogen and oxygen atoms in total. The van der Waals surface area contributed by atoms with Gasteiger partial charge in [0.1, 0.15) is 17.0 Å². The highest BCUT2D eigenvalue weighted by Gasteiger charge is 2.43. The third-order valence-corrected chi connectivity index (χ3v) is 7.31. The number of hydrogen-bond acceptors (Lipinski definition) is 5. The fraction of sp³-hybridized carbons (Fsp3) is 0.632. The van der Waals surface area contributed by atoms with Gasteiger partial charge in [-0.05, 0) is 51.0 Å². The average Bonchev–Trinajstić information content (AvgIpc) is 3.41. The molecule has 1 amide bonds. The molecule has 25 heavy (non-hydrogen) atoms. The first kappa shape index (κ1) is 15.6. The van der Waals surface area contributed by atoms with Gasteiger partial charge in [0.05, 0.1) is 11.3 Å². The van der Waals surface area contributed by atoms with Crippen LogP contribution in [-0.2, 0) is 4.79 Å². The zero-order valence-electron chi connectivity index (χ0n) is 14.9. The van der Waals surface area contributed by atoms with E-state index in [0.717, 1.165) is 49.0 Å². The van der Waals surface area contributed by atoms with Crippen LogP contribution in [0.5, 0.6) is 0 Å². The molecular formula is C19H24N4OS. The van der Waals surface area contributed by atoms with Gasteiger partial charge in [0.25, 0.3) is 0 Å². The molecule has 4 fully saturated rings. The molecule has 2 bridgehead atoms. The second-order valence-electron chi connectivity index (χ2n) is 7.93. The minimum absolute atomic E-state index is 0.127. The number of rotatable bonds is 3. The topological polar surface area (TPSA) is 49.3 Å². The van der Waals surface area contributed by atoms with Crippen LogP contribution in [0.25, 0.3) is 10.2 Å². The smallest absolute Gasteiger partial charge is 0.227 e. The number of hydrogen-bond donors (Lipinski definition) is 0. The molecule has 3 saturated heterocycles. The molecule has 6 heteroatoms. The lowest BCUT2D eigenvalue weighted by Crippen LogP contribution is -2.48. The van der Waals surface area contributed by atoms with Crippen molar-refractivity contribution in [2.45, 2.75) is 45.6 Å². The molecule has 1 aliphatic carbocycles. The highest BCUT2D eigenvalue weighted by molar-refractivity contribution is 7.18. The van der Waals surface area contributed by atoms with Gasteiger partial charge in [-0.3, -0.25) is 4.79 Å². The lowest BCUT2D eigenvalue weighted by molar-refractivity contribution is -0.140. The average molecular weight is 356 g/mol. The van der Waals surface area contributed by atoms with Crippen molar-refractivity contribution >= 4 is 33.3 Å². The van der Waals surface area contributed by atoms with E-state index < -0.39 is 0 Å². The quantitative estimate of drug-likeness (QED) is 0.848. The summed E-state index contributed by atoms with van der Waals surface area (Å²) in [4.78, 5) is 29.0. The van der Waals surface area contributed by atoms with E-state index in [1.54, 1.807) is 17.7 Å². The van der Waals surface area contributed by atoms with Gasteiger partial charge in [-0.2, -0.15) is 0 Å². The molecule has 0 radical (unpaired) electrons. The third-order valence-electron chi connectivity index (χ3n) is 6.19. The van der Waals surface area contributed by atoms with Gasteiger partial charge in [0, 0.05) is 30.6 Å². The molecular weight excluding hydrogens is 332 g/mol. The van der Waals surface area contributed by atoms with E-state index in [-0.39, 0.29) is 5.92 Å². The number of nitrogens with zero attached hydrogens (tertiary/aromatic N) is 4. The van der Waals surface area contributed by atoms with Crippen molar-refractivity contribution in [3.8, 4) is 0 Å². The molecule has 0 N–H and O–H groups in total. The van der Waals surface area contributed by atoms with Crippen LogP contribution in [0.15, 0.2) is 6.33 Å². The second-order valence-corrected chi connectivity index (χ2v) is 9.13. The summed E-state index contributed by atoms with van der Waals surface area (Å²) in [6.07, 6.45) is 6.44. The lowest BCUT2D eigenvalue weighted by atomic mass is 9.94. The minimum Gasteiger partial charge on any atom is -0.353 e. The Morgan fingerprint density at radius 3 is 2.80 bits per heavy atom. The van der Waals surface area contributed by atoms with Gasteiger partial charge < -0.3 is 9.80 Å². The summed E-state index contributed by atoms with van der Waals surface area (Å²) in [7, 11) is 0. The number of amides is 1. The van der Waals surface area contributed by atoms with Crippen LogP contribution >= 0.6 is 11.3 Å². The summed E-state index contributed by atoms with van der Waals surface area (Å²) in [5.74, 6) is 2.30. The van der Waals surface area contributed by atoms with Crippen molar-refractivity contribution in [3.05, 3.63) is 16.8 Å². The number of aryl methyl sites for hydroxylation is 2. The first-order valence-corrected chi connectivity index (χ1v) is 10.2. The normalized spacial score (nSPS) is 26.6. The van der Waals surface area contributed by atoms with Crippen molar-refractivity contribution < 1.29 is 4.79 Å². The van der Waals surface area contributed by atoms with Crippen LogP contribution in [0.1, 0.15) is 36.1 Å². The zero-order chi connectivity index (χ0) is 17.1. The van der Waals surface area contributed by atoms with E-state index in [1.807, 2.05) is 0 Å². The molecule has 2 atom stereocenters. The summed E-state index contributed by atoms with van der Waals surface area (Å²) in [5, 5.41) is 1.19. The Kier molecular flexibility index (Phi) is 3.52. The van der Waals surface area contributed by atoms with Gasteiger partial charge in [-0.25, -0.2) is 9.97 Å². The Morgan fingerprint density at radius 2 is 2.00 bits per heavy atom. The van der Waals surface area contributed by atoms with E-state index in [1.165, 1.54) is 28.7 Å². The van der Waals surface area contributed by atoms with Crippen LogP contribution in [0, 0.1) is 25.7 Å². The maximum atomic E-state index is 13.0. The number of piperidine rings is 1. The molecule has 6 rings (SSSR count). The number of carbonyl (C=O) groups is 1. The maximum absolute atomic E-state index is 13.0. The van der Waals surface area contributed by atoms with Crippen LogP contribution in [0.4, 0.5) is 5.82 Å². The number of fused-ring (bicyclic) bond motifs is 5. The molecule has 132 valence electrons. The van der Waals surface area contributed by atoms with Gasteiger partial charge in [0.15, 0.2) is 0 Å². The summed E-state index contributed by atoms with van der Waals surface area (Å²) in [5.41, 5.74) is 1.29. The van der Waals surface area contributed by atoms with Gasteiger partial charge >= 0.3 is 0 Å². The van der Waals surface area contributed by atoms with E-state index in [2.05, 4.69) is 33.6 Å². The Balaban J connectivity index is 1.52. The van der Waals surface area contributed by atoms with Gasteiger partial charge in [-0.15, -0.1) is 11.3 Å². The molecule has 2 aromatic rings. The Hall–Kier alpha value is -1.69. The fourth-order valence-electron chi connectivity index (χ4n) is 4.44. The monoisotopic (exact) mass is 356 g/mol. The fourth-order valence-corrected chi connectivity index (χ4v) is 5.43. The number of carbonyl (C=O) groups excluding carboxylic acids is 1. The number of anilines is 1. The predicted molar refractivity (Wildman–Crippen MR) is 100 cm³/mol. The second kappa shape index (κ2) is 5.66. The SMILES string of the molecule is Cc1sc2ncnc(N3C[C@H]4CC[C@@H](C3)N(CC3CC3)C4=O)c2c1C. The summed E-state index contributed by atoms with van der Waals surface area (Å²) >= 11 is 1.74. The molecule has 5 heterocycles. The van der Waals surface area contributed by atoms with Gasteiger partial charge in [-0.1, -0.05) is 0 Å². The van der Waals surface area contributed by atoms with Crippen LogP contribution in [-0.4, -0.2) is 46.5 Å².